The molecular formula is C9H9F3NO3-. The van der Waals surface area contributed by atoms with E-state index in [1.807, 2.05) is 0 Å². The highest BCUT2D eigenvalue weighted by atomic mass is 19.4. The molecule has 0 saturated heterocycles. The van der Waals surface area contributed by atoms with Crippen LogP contribution in [0.15, 0.2) is 12.3 Å². The first-order chi connectivity index (χ1) is 7.12. The van der Waals surface area contributed by atoms with Gasteiger partial charge in [-0.25, -0.2) is 0 Å². The SMILES string of the molecule is Cc1ccn(C)c1C(O)(C(=O)[O-])C(F)(F)F. The number of aromatic nitrogens is 1. The van der Waals surface area contributed by atoms with Crippen molar-refractivity contribution >= 4 is 5.97 Å². The van der Waals surface area contributed by atoms with Gasteiger partial charge >= 0.3 is 6.18 Å². The molecule has 0 fully saturated rings. The van der Waals surface area contributed by atoms with E-state index < -0.39 is 23.4 Å². The second-order valence-corrected chi connectivity index (χ2v) is 3.45. The molecule has 0 aliphatic rings. The lowest BCUT2D eigenvalue weighted by molar-refractivity contribution is -0.358. The number of carbonyl (C=O) groups excluding carboxylic acids is 1. The lowest BCUT2D eigenvalue weighted by Gasteiger charge is -2.32. The minimum atomic E-state index is -5.34. The Labute approximate surface area is 88.9 Å². The lowest BCUT2D eigenvalue weighted by Crippen LogP contribution is -2.56. The quantitative estimate of drug-likeness (QED) is 0.775. The van der Waals surface area contributed by atoms with E-state index in [0.717, 1.165) is 4.57 Å². The van der Waals surface area contributed by atoms with Gasteiger partial charge in [0.1, 0.15) is 0 Å². The average molecular weight is 236 g/mol. The molecule has 4 nitrogen and oxygen atoms in total. The molecular weight excluding hydrogens is 227 g/mol. The Hall–Kier alpha value is -1.50. The van der Waals surface area contributed by atoms with E-state index >= 15 is 0 Å². The molecule has 1 heterocycles. The summed E-state index contributed by atoms with van der Waals surface area (Å²) in [5.41, 5.74) is -4.72. The van der Waals surface area contributed by atoms with Gasteiger partial charge < -0.3 is 19.6 Å². The first kappa shape index (κ1) is 12.6. The number of rotatable bonds is 2. The standard InChI is InChI=1S/C9H10F3NO3/c1-5-3-4-13(2)6(5)8(16,7(14)15)9(10,11)12/h3-4,16H,1-2H3,(H,14,15)/p-1. The van der Waals surface area contributed by atoms with Gasteiger partial charge in [-0.15, -0.1) is 0 Å². The summed E-state index contributed by atoms with van der Waals surface area (Å²) in [7, 11) is 1.21. The zero-order valence-electron chi connectivity index (χ0n) is 8.50. The smallest absolute Gasteiger partial charge is 0.428 e. The molecule has 0 aliphatic carbocycles. The van der Waals surface area contributed by atoms with Crippen molar-refractivity contribution in [1.82, 2.24) is 4.57 Å². The molecule has 0 aliphatic heterocycles. The molecule has 1 aromatic heterocycles. The van der Waals surface area contributed by atoms with Crippen LogP contribution in [-0.4, -0.2) is 21.8 Å². The first-order valence-corrected chi connectivity index (χ1v) is 4.25. The highest BCUT2D eigenvalue weighted by molar-refractivity contribution is 5.78. The van der Waals surface area contributed by atoms with Crippen molar-refractivity contribution in [3.05, 3.63) is 23.5 Å². The fourth-order valence-electron chi connectivity index (χ4n) is 1.54. The maximum atomic E-state index is 12.6. The van der Waals surface area contributed by atoms with Crippen molar-refractivity contribution in [3.63, 3.8) is 0 Å². The zero-order valence-corrected chi connectivity index (χ0v) is 8.50. The molecule has 1 unspecified atom stereocenters. The molecule has 0 aromatic carbocycles. The molecule has 0 saturated carbocycles. The molecule has 7 heteroatoms. The molecule has 1 aromatic rings. The lowest BCUT2D eigenvalue weighted by atomic mass is 9.96. The Morgan fingerprint density at radius 2 is 2.00 bits per heavy atom. The number of aryl methyl sites for hydroxylation is 2. The Morgan fingerprint density at radius 3 is 2.25 bits per heavy atom. The van der Waals surface area contributed by atoms with Crippen LogP contribution in [0.2, 0.25) is 0 Å². The second-order valence-electron chi connectivity index (χ2n) is 3.45. The highest BCUT2D eigenvalue weighted by Crippen LogP contribution is 2.39. The minimum Gasteiger partial charge on any atom is -0.546 e. The summed E-state index contributed by atoms with van der Waals surface area (Å²) >= 11 is 0. The van der Waals surface area contributed by atoms with Crippen LogP contribution in [0.1, 0.15) is 11.3 Å². The van der Waals surface area contributed by atoms with Crippen LogP contribution in [0.3, 0.4) is 0 Å². The fourth-order valence-corrected chi connectivity index (χ4v) is 1.54. The van der Waals surface area contributed by atoms with Gasteiger partial charge in [0.15, 0.2) is 0 Å². The van der Waals surface area contributed by atoms with Gasteiger partial charge in [0.05, 0.1) is 11.7 Å². The summed E-state index contributed by atoms with van der Waals surface area (Å²) in [6.07, 6.45) is -4.12. The van der Waals surface area contributed by atoms with Crippen LogP contribution in [0.25, 0.3) is 0 Å². The van der Waals surface area contributed by atoms with Gasteiger partial charge in [-0.2, -0.15) is 13.2 Å². The minimum absolute atomic E-state index is 0.0199. The largest absolute Gasteiger partial charge is 0.546 e. The Kier molecular flexibility index (Phi) is 2.76. The summed E-state index contributed by atoms with van der Waals surface area (Å²) in [5, 5.41) is 19.9. The first-order valence-electron chi connectivity index (χ1n) is 4.25. The number of hydrogen-bond donors (Lipinski definition) is 1. The van der Waals surface area contributed by atoms with E-state index in [1.54, 1.807) is 0 Å². The van der Waals surface area contributed by atoms with Gasteiger partial charge in [-0.1, -0.05) is 0 Å². The average Bonchev–Trinajstić information content (AvgIpc) is 2.43. The van der Waals surface area contributed by atoms with Gasteiger partial charge in [0.2, 0.25) is 5.60 Å². The highest BCUT2D eigenvalue weighted by Gasteiger charge is 2.58. The monoisotopic (exact) mass is 236 g/mol. The predicted molar refractivity (Wildman–Crippen MR) is 45.1 cm³/mol. The number of carboxylic acid groups (broad SMARTS) is 1. The van der Waals surface area contributed by atoms with E-state index in [4.69, 9.17) is 0 Å². The van der Waals surface area contributed by atoms with Crippen LogP contribution < -0.4 is 5.11 Å². The summed E-state index contributed by atoms with van der Waals surface area (Å²) in [5.74, 6) is -2.59. The van der Waals surface area contributed by atoms with Gasteiger partial charge in [-0.3, -0.25) is 0 Å². The van der Waals surface area contributed by atoms with Crippen molar-refractivity contribution in [1.29, 1.82) is 0 Å². The van der Waals surface area contributed by atoms with Crippen molar-refractivity contribution < 1.29 is 28.2 Å². The number of aliphatic carboxylic acids is 1. The Bertz CT molecular complexity index is 405. The van der Waals surface area contributed by atoms with Crippen molar-refractivity contribution in [2.24, 2.45) is 7.05 Å². The maximum absolute atomic E-state index is 12.6. The van der Waals surface area contributed by atoms with Crippen LogP contribution in [-0.2, 0) is 17.4 Å². The molecule has 1 N–H and O–H groups in total. The number of aliphatic hydroxyl groups is 1. The Balaban J connectivity index is 3.52. The third kappa shape index (κ3) is 1.57. The van der Waals surface area contributed by atoms with E-state index in [9.17, 15) is 28.2 Å². The van der Waals surface area contributed by atoms with E-state index in [1.165, 1.54) is 26.2 Å². The third-order valence-corrected chi connectivity index (χ3v) is 2.32. The number of nitrogens with zero attached hydrogens (tertiary/aromatic N) is 1. The topological polar surface area (TPSA) is 65.3 Å². The summed E-state index contributed by atoms with van der Waals surface area (Å²) in [6, 6.07) is 1.27. The predicted octanol–water partition coefficient (Wildman–Crippen LogP) is -0.167. The molecule has 0 radical (unpaired) electrons. The number of hydrogen-bond acceptors (Lipinski definition) is 3. The molecule has 0 amide bonds. The number of halogens is 3. The van der Waals surface area contributed by atoms with Gasteiger partial charge in [0, 0.05) is 13.2 Å². The van der Waals surface area contributed by atoms with E-state index in [0.29, 0.717) is 0 Å². The van der Waals surface area contributed by atoms with Crippen LogP contribution in [0.4, 0.5) is 13.2 Å². The number of carboxylic acids is 1. The molecule has 0 bridgehead atoms. The molecule has 1 atom stereocenters. The number of carbonyl (C=O) groups is 1. The summed E-state index contributed by atoms with van der Waals surface area (Å²) in [4.78, 5) is 10.6. The maximum Gasteiger partial charge on any atom is 0.428 e. The van der Waals surface area contributed by atoms with Crippen LogP contribution >= 0.6 is 0 Å². The normalized spacial score (nSPS) is 15.9. The van der Waals surface area contributed by atoms with E-state index in [-0.39, 0.29) is 5.56 Å². The fraction of sp³-hybridized carbons (Fsp3) is 0.444. The second kappa shape index (κ2) is 3.51. The number of alkyl halides is 3. The molecule has 90 valence electrons. The summed E-state index contributed by atoms with van der Waals surface area (Å²) < 4.78 is 38.7. The van der Waals surface area contributed by atoms with Gasteiger partial charge in [0.25, 0.3) is 0 Å². The summed E-state index contributed by atoms with van der Waals surface area (Å²) in [6.45, 7) is 1.27. The van der Waals surface area contributed by atoms with Crippen LogP contribution in [0.5, 0.6) is 0 Å². The van der Waals surface area contributed by atoms with Gasteiger partial charge in [-0.05, 0) is 18.6 Å². The Morgan fingerprint density at radius 1 is 1.50 bits per heavy atom. The van der Waals surface area contributed by atoms with Crippen molar-refractivity contribution in [2.75, 3.05) is 0 Å². The zero-order chi connectivity index (χ0) is 12.7. The van der Waals surface area contributed by atoms with Crippen molar-refractivity contribution in [2.45, 2.75) is 18.7 Å². The van der Waals surface area contributed by atoms with Crippen LogP contribution in [0, 0.1) is 6.92 Å². The van der Waals surface area contributed by atoms with Crippen molar-refractivity contribution in [3.8, 4) is 0 Å². The third-order valence-electron chi connectivity index (χ3n) is 2.32. The molecule has 1 rings (SSSR count). The molecule has 0 spiro atoms. The van der Waals surface area contributed by atoms with E-state index in [2.05, 4.69) is 0 Å². The molecule has 16 heavy (non-hydrogen) atoms.